The lowest BCUT2D eigenvalue weighted by Gasteiger charge is -1.99. The van der Waals surface area contributed by atoms with Crippen molar-refractivity contribution >= 4 is 45.2 Å². The largest absolute Gasteiger partial charge is 0.333 e. The number of aromatic amines is 1. The molecule has 2 heterocycles. The molecule has 0 aliphatic heterocycles. The topological polar surface area (TPSA) is 70.7 Å². The minimum absolute atomic E-state index is 0.0789. The van der Waals surface area contributed by atoms with Gasteiger partial charge in [0.2, 0.25) is 5.91 Å². The summed E-state index contributed by atoms with van der Waals surface area (Å²) in [7, 11) is 0. The Bertz CT molecular complexity index is 717. The van der Waals surface area contributed by atoms with Crippen molar-refractivity contribution in [1.29, 1.82) is 0 Å². The van der Waals surface area contributed by atoms with Crippen LogP contribution in [-0.4, -0.2) is 26.6 Å². The molecule has 0 fully saturated rings. The van der Waals surface area contributed by atoms with Crippen LogP contribution >= 0.6 is 23.1 Å². The number of carbonyl (C=O) groups is 1. The van der Waals surface area contributed by atoms with Crippen molar-refractivity contribution in [3.05, 3.63) is 35.3 Å². The van der Waals surface area contributed by atoms with E-state index in [1.807, 2.05) is 31.2 Å². The molecule has 3 aromatic rings. The van der Waals surface area contributed by atoms with Crippen molar-refractivity contribution in [3.8, 4) is 0 Å². The van der Waals surface area contributed by atoms with Crippen LogP contribution in [0, 0.1) is 6.92 Å². The minimum atomic E-state index is -0.0789. The van der Waals surface area contributed by atoms with Crippen molar-refractivity contribution in [2.24, 2.45) is 0 Å². The molecule has 1 amide bonds. The van der Waals surface area contributed by atoms with Crippen molar-refractivity contribution in [2.45, 2.75) is 12.1 Å². The molecule has 0 aliphatic rings. The summed E-state index contributed by atoms with van der Waals surface area (Å²) in [4.78, 5) is 24.6. The summed E-state index contributed by atoms with van der Waals surface area (Å²) in [6.07, 6.45) is 1.74. The molecule has 0 bridgehead atoms. The highest BCUT2D eigenvalue weighted by molar-refractivity contribution is 7.99. The smallest absolute Gasteiger partial charge is 0.236 e. The Morgan fingerprint density at radius 1 is 1.45 bits per heavy atom. The zero-order valence-electron chi connectivity index (χ0n) is 10.7. The van der Waals surface area contributed by atoms with Crippen molar-refractivity contribution < 1.29 is 4.79 Å². The fourth-order valence-corrected chi connectivity index (χ4v) is 3.07. The highest BCUT2D eigenvalue weighted by Gasteiger charge is 2.08. The van der Waals surface area contributed by atoms with Gasteiger partial charge in [0.15, 0.2) is 10.3 Å². The number of nitrogens with zero attached hydrogens (tertiary/aromatic N) is 2. The Morgan fingerprint density at radius 3 is 3.05 bits per heavy atom. The lowest BCUT2D eigenvalue weighted by molar-refractivity contribution is -0.113. The molecule has 3 rings (SSSR count). The van der Waals surface area contributed by atoms with E-state index in [1.165, 1.54) is 23.1 Å². The molecular formula is C13H12N4OS2. The van der Waals surface area contributed by atoms with Crippen LogP contribution in [0.15, 0.2) is 35.6 Å². The first kappa shape index (κ1) is 13.1. The molecule has 5 nitrogen and oxygen atoms in total. The zero-order chi connectivity index (χ0) is 13.9. The van der Waals surface area contributed by atoms with E-state index in [1.54, 1.807) is 6.20 Å². The van der Waals surface area contributed by atoms with Crippen LogP contribution in [0.25, 0.3) is 11.0 Å². The third-order valence-electron chi connectivity index (χ3n) is 2.58. The van der Waals surface area contributed by atoms with Crippen LogP contribution in [0.3, 0.4) is 0 Å². The van der Waals surface area contributed by atoms with Gasteiger partial charge in [0, 0.05) is 11.1 Å². The molecule has 0 aliphatic carbocycles. The quantitative estimate of drug-likeness (QED) is 0.727. The molecule has 2 N–H and O–H groups in total. The summed E-state index contributed by atoms with van der Waals surface area (Å²) in [6, 6.07) is 7.79. The third-order valence-corrected chi connectivity index (χ3v) is 4.28. The molecular weight excluding hydrogens is 292 g/mol. The van der Waals surface area contributed by atoms with Crippen LogP contribution in [0.1, 0.15) is 4.88 Å². The van der Waals surface area contributed by atoms with Gasteiger partial charge < -0.3 is 10.3 Å². The van der Waals surface area contributed by atoms with E-state index in [9.17, 15) is 4.79 Å². The Labute approximate surface area is 123 Å². The number of carbonyl (C=O) groups excluding carboxylic acids is 1. The van der Waals surface area contributed by atoms with Crippen LogP contribution < -0.4 is 5.32 Å². The fraction of sp³-hybridized carbons (Fsp3) is 0.154. The number of amides is 1. The third kappa shape index (κ3) is 3.00. The van der Waals surface area contributed by atoms with Crippen molar-refractivity contribution in [1.82, 2.24) is 15.0 Å². The number of thioether (sulfide) groups is 1. The van der Waals surface area contributed by atoms with E-state index in [4.69, 9.17) is 0 Å². The number of nitrogens with one attached hydrogen (secondary N) is 2. The van der Waals surface area contributed by atoms with Crippen LogP contribution in [0.2, 0.25) is 0 Å². The lowest BCUT2D eigenvalue weighted by Crippen LogP contribution is -2.13. The maximum Gasteiger partial charge on any atom is 0.236 e. The standard InChI is InChI=1S/C13H12N4OS2/c1-8-6-14-12(20-8)17-11(18)7-19-13-15-9-4-2-3-5-10(9)16-13/h2-6H,7H2,1H3,(H,15,16)(H,14,17,18). The average Bonchev–Trinajstić information content (AvgIpc) is 3.02. The highest BCUT2D eigenvalue weighted by Crippen LogP contribution is 2.20. The summed E-state index contributed by atoms with van der Waals surface area (Å²) >= 11 is 2.84. The monoisotopic (exact) mass is 304 g/mol. The second kappa shape index (κ2) is 5.64. The molecule has 0 radical (unpaired) electrons. The number of hydrogen-bond acceptors (Lipinski definition) is 5. The number of thiazole rings is 1. The molecule has 0 saturated carbocycles. The van der Waals surface area contributed by atoms with Crippen LogP contribution in [0.5, 0.6) is 0 Å². The number of para-hydroxylation sites is 2. The first-order valence-electron chi connectivity index (χ1n) is 6.00. The van der Waals surface area contributed by atoms with E-state index in [2.05, 4.69) is 20.3 Å². The number of aromatic nitrogens is 3. The first-order valence-corrected chi connectivity index (χ1v) is 7.81. The molecule has 0 spiro atoms. The Morgan fingerprint density at radius 2 is 2.30 bits per heavy atom. The van der Waals surface area contributed by atoms with Gasteiger partial charge in [-0.25, -0.2) is 9.97 Å². The van der Waals surface area contributed by atoms with Gasteiger partial charge in [-0.3, -0.25) is 4.79 Å². The second-order valence-electron chi connectivity index (χ2n) is 4.17. The van der Waals surface area contributed by atoms with E-state index < -0.39 is 0 Å². The summed E-state index contributed by atoms with van der Waals surface area (Å²) in [5.74, 6) is 0.225. The normalized spacial score (nSPS) is 10.8. The maximum absolute atomic E-state index is 11.8. The van der Waals surface area contributed by atoms with E-state index in [-0.39, 0.29) is 5.91 Å². The van der Waals surface area contributed by atoms with E-state index in [0.29, 0.717) is 10.9 Å². The van der Waals surface area contributed by atoms with Gasteiger partial charge in [0.1, 0.15) is 0 Å². The molecule has 1 aromatic carbocycles. The first-order chi connectivity index (χ1) is 9.70. The van der Waals surface area contributed by atoms with Gasteiger partial charge in [0.25, 0.3) is 0 Å². The summed E-state index contributed by atoms with van der Waals surface area (Å²) < 4.78 is 0. The predicted molar refractivity (Wildman–Crippen MR) is 82.3 cm³/mol. The van der Waals surface area contributed by atoms with Gasteiger partial charge in [-0.1, -0.05) is 23.9 Å². The lowest BCUT2D eigenvalue weighted by atomic mass is 10.3. The number of H-pyrrole nitrogens is 1. The summed E-state index contributed by atoms with van der Waals surface area (Å²) in [5, 5.41) is 4.16. The van der Waals surface area contributed by atoms with Gasteiger partial charge in [0.05, 0.1) is 16.8 Å². The maximum atomic E-state index is 11.8. The van der Waals surface area contributed by atoms with Gasteiger partial charge in [-0.2, -0.15) is 0 Å². The molecule has 7 heteroatoms. The average molecular weight is 304 g/mol. The predicted octanol–water partition coefficient (Wildman–Crippen LogP) is 3.06. The minimum Gasteiger partial charge on any atom is -0.333 e. The van der Waals surface area contributed by atoms with Crippen LogP contribution in [0.4, 0.5) is 5.13 Å². The summed E-state index contributed by atoms with van der Waals surface area (Å²) in [6.45, 7) is 1.95. The van der Waals surface area contributed by atoms with E-state index >= 15 is 0 Å². The number of hydrogen-bond donors (Lipinski definition) is 2. The SMILES string of the molecule is Cc1cnc(NC(=O)CSc2nc3ccccc3[nH]2)s1. The van der Waals surface area contributed by atoms with E-state index in [0.717, 1.165) is 21.1 Å². The fourth-order valence-electron chi connectivity index (χ4n) is 1.70. The molecule has 0 atom stereocenters. The summed E-state index contributed by atoms with van der Waals surface area (Å²) in [5.41, 5.74) is 1.89. The van der Waals surface area contributed by atoms with Gasteiger partial charge in [-0.15, -0.1) is 11.3 Å². The molecule has 20 heavy (non-hydrogen) atoms. The highest BCUT2D eigenvalue weighted by atomic mass is 32.2. The van der Waals surface area contributed by atoms with Crippen molar-refractivity contribution in [3.63, 3.8) is 0 Å². The number of anilines is 1. The van der Waals surface area contributed by atoms with Crippen molar-refractivity contribution in [2.75, 3.05) is 11.1 Å². The van der Waals surface area contributed by atoms with Gasteiger partial charge in [-0.05, 0) is 19.1 Å². The molecule has 102 valence electrons. The number of fused-ring (bicyclic) bond motifs is 1. The molecule has 2 aromatic heterocycles. The second-order valence-corrected chi connectivity index (χ2v) is 6.37. The zero-order valence-corrected chi connectivity index (χ0v) is 12.3. The number of rotatable bonds is 4. The molecule has 0 saturated heterocycles. The van der Waals surface area contributed by atoms with Gasteiger partial charge >= 0.3 is 0 Å². The number of imidazole rings is 1. The Balaban J connectivity index is 1.59. The van der Waals surface area contributed by atoms with Crippen LogP contribution in [-0.2, 0) is 4.79 Å². The Hall–Kier alpha value is -1.86. The number of benzene rings is 1. The molecule has 0 unspecified atom stereocenters. The number of aryl methyl sites for hydroxylation is 1. The Kier molecular flexibility index (Phi) is 3.70.